The highest BCUT2D eigenvalue weighted by molar-refractivity contribution is 5.76. The van der Waals surface area contributed by atoms with Gasteiger partial charge >= 0.3 is 6.36 Å². The van der Waals surface area contributed by atoms with Crippen LogP contribution in [-0.4, -0.2) is 19.2 Å². The lowest BCUT2D eigenvalue weighted by molar-refractivity contribution is -0.274. The van der Waals surface area contributed by atoms with Crippen LogP contribution in [0.4, 0.5) is 13.2 Å². The van der Waals surface area contributed by atoms with E-state index in [1.165, 1.54) is 6.07 Å². The number of rotatable bonds is 3. The van der Waals surface area contributed by atoms with Gasteiger partial charge in [0.15, 0.2) is 0 Å². The number of carbonyl (C=O) groups is 1. The van der Waals surface area contributed by atoms with Gasteiger partial charge in [-0.25, -0.2) is 0 Å². The fraction of sp³-hybridized carbons (Fsp3) is 0.182. The zero-order valence-electron chi connectivity index (χ0n) is 9.31. The van der Waals surface area contributed by atoms with E-state index >= 15 is 0 Å². The fourth-order valence-corrected chi connectivity index (χ4v) is 1.16. The van der Waals surface area contributed by atoms with E-state index in [2.05, 4.69) is 26.6 Å². The minimum Gasteiger partial charge on any atom is -0.406 e. The molecule has 1 aromatic rings. The Kier molecular flexibility index (Phi) is 4.80. The van der Waals surface area contributed by atoms with Crippen LogP contribution in [0, 0.1) is 11.8 Å². The Hall–Kier alpha value is -2.65. The van der Waals surface area contributed by atoms with Gasteiger partial charge in [-0.2, -0.15) is 0 Å². The summed E-state index contributed by atoms with van der Waals surface area (Å²) in [5.74, 6) is 4.34. The SMILES string of the molecule is [N-]=[N+]=NCC#Cc1cc(C=O)cc(OC(F)(F)F)c1. The zero-order valence-corrected chi connectivity index (χ0v) is 9.31. The molecule has 98 valence electrons. The van der Waals surface area contributed by atoms with Crippen molar-refractivity contribution in [3.8, 4) is 17.6 Å². The predicted molar refractivity (Wildman–Crippen MR) is 59.4 cm³/mol. The van der Waals surface area contributed by atoms with E-state index in [0.717, 1.165) is 12.1 Å². The molecule has 1 aromatic carbocycles. The van der Waals surface area contributed by atoms with Crippen LogP contribution in [0.3, 0.4) is 0 Å². The van der Waals surface area contributed by atoms with Gasteiger partial charge in [0.25, 0.3) is 0 Å². The molecule has 0 aliphatic carbocycles. The Balaban J connectivity index is 3.03. The molecule has 5 nitrogen and oxygen atoms in total. The Labute approximate surface area is 105 Å². The Bertz CT molecular complexity index is 581. The molecule has 0 heterocycles. The highest BCUT2D eigenvalue weighted by atomic mass is 19.4. The molecule has 19 heavy (non-hydrogen) atoms. The van der Waals surface area contributed by atoms with Crippen molar-refractivity contribution in [1.29, 1.82) is 0 Å². The molecule has 0 atom stereocenters. The first-order chi connectivity index (χ1) is 8.94. The fourth-order valence-electron chi connectivity index (χ4n) is 1.16. The summed E-state index contributed by atoms with van der Waals surface area (Å²) < 4.78 is 39.9. The van der Waals surface area contributed by atoms with Crippen molar-refractivity contribution in [3.05, 3.63) is 39.8 Å². The van der Waals surface area contributed by atoms with Crippen LogP contribution in [0.25, 0.3) is 10.4 Å². The number of hydrogen-bond donors (Lipinski definition) is 0. The monoisotopic (exact) mass is 269 g/mol. The van der Waals surface area contributed by atoms with Crippen LogP contribution in [0.2, 0.25) is 0 Å². The van der Waals surface area contributed by atoms with Crippen LogP contribution in [0.1, 0.15) is 15.9 Å². The van der Waals surface area contributed by atoms with Gasteiger partial charge in [-0.1, -0.05) is 17.0 Å². The summed E-state index contributed by atoms with van der Waals surface area (Å²) in [5, 5.41) is 3.14. The standard InChI is InChI=1S/C11H6F3N3O2/c12-11(13,14)19-10-5-8(2-1-3-16-17-15)4-9(6-10)7-18/h4-7H,3H2. The van der Waals surface area contributed by atoms with Crippen molar-refractivity contribution in [2.45, 2.75) is 6.36 Å². The normalized spacial score (nSPS) is 9.84. The quantitative estimate of drug-likeness (QED) is 0.278. The predicted octanol–water partition coefficient (Wildman–Crippen LogP) is 3.06. The van der Waals surface area contributed by atoms with Gasteiger partial charge in [0, 0.05) is 16.0 Å². The van der Waals surface area contributed by atoms with Crippen LogP contribution in [0.15, 0.2) is 23.3 Å². The van der Waals surface area contributed by atoms with E-state index in [-0.39, 0.29) is 17.7 Å². The molecule has 1 rings (SSSR count). The highest BCUT2D eigenvalue weighted by Crippen LogP contribution is 2.24. The maximum atomic E-state index is 12.1. The molecule has 0 fully saturated rings. The number of carbonyl (C=O) groups excluding carboxylic acids is 1. The van der Waals surface area contributed by atoms with Crippen LogP contribution < -0.4 is 4.74 Å². The zero-order chi connectivity index (χ0) is 14.3. The van der Waals surface area contributed by atoms with Crippen LogP contribution >= 0.6 is 0 Å². The maximum Gasteiger partial charge on any atom is 0.573 e. The topological polar surface area (TPSA) is 75.1 Å². The Morgan fingerprint density at radius 3 is 2.74 bits per heavy atom. The molecule has 0 spiro atoms. The molecular weight excluding hydrogens is 263 g/mol. The number of halogens is 3. The third-order valence-electron chi connectivity index (χ3n) is 1.74. The van der Waals surface area contributed by atoms with Crippen molar-refractivity contribution >= 4 is 6.29 Å². The number of azide groups is 1. The van der Waals surface area contributed by atoms with Gasteiger partial charge in [0.1, 0.15) is 12.0 Å². The molecule has 0 aliphatic rings. The van der Waals surface area contributed by atoms with E-state index < -0.39 is 12.1 Å². The number of benzene rings is 1. The van der Waals surface area contributed by atoms with Crippen molar-refractivity contribution in [3.63, 3.8) is 0 Å². The lowest BCUT2D eigenvalue weighted by atomic mass is 10.1. The molecule has 0 N–H and O–H groups in total. The molecule has 0 aromatic heterocycles. The minimum atomic E-state index is -4.85. The minimum absolute atomic E-state index is 0.00478. The molecule has 8 heteroatoms. The molecule has 0 radical (unpaired) electrons. The van der Waals surface area contributed by atoms with Crippen molar-refractivity contribution < 1.29 is 22.7 Å². The number of nitrogens with zero attached hydrogens (tertiary/aromatic N) is 3. The van der Waals surface area contributed by atoms with Gasteiger partial charge in [-0.15, -0.1) is 13.2 Å². The second-order valence-electron chi connectivity index (χ2n) is 3.15. The molecule has 0 bridgehead atoms. The second-order valence-corrected chi connectivity index (χ2v) is 3.15. The van der Waals surface area contributed by atoms with Gasteiger partial charge in [-0.05, 0) is 23.7 Å². The Morgan fingerprint density at radius 1 is 1.42 bits per heavy atom. The summed E-state index contributed by atoms with van der Waals surface area (Å²) >= 11 is 0. The number of ether oxygens (including phenoxy) is 1. The molecule has 0 unspecified atom stereocenters. The first-order valence-corrected chi connectivity index (χ1v) is 4.80. The van der Waals surface area contributed by atoms with E-state index in [1.807, 2.05) is 0 Å². The lowest BCUT2D eigenvalue weighted by Gasteiger charge is -2.09. The lowest BCUT2D eigenvalue weighted by Crippen LogP contribution is -2.17. The summed E-state index contributed by atoms with van der Waals surface area (Å²) in [5.41, 5.74) is 8.16. The van der Waals surface area contributed by atoms with Crippen molar-refractivity contribution in [1.82, 2.24) is 0 Å². The average Bonchev–Trinajstić information content (AvgIpc) is 2.32. The van der Waals surface area contributed by atoms with Crippen LogP contribution in [-0.2, 0) is 0 Å². The maximum absolute atomic E-state index is 12.1. The number of alkyl halides is 3. The van der Waals surface area contributed by atoms with Gasteiger partial charge in [-0.3, -0.25) is 4.79 Å². The highest BCUT2D eigenvalue weighted by Gasteiger charge is 2.31. The third kappa shape index (κ3) is 5.48. The van der Waals surface area contributed by atoms with E-state index in [0.29, 0.717) is 6.29 Å². The summed E-state index contributed by atoms with van der Waals surface area (Å²) in [7, 11) is 0. The van der Waals surface area contributed by atoms with Gasteiger partial charge < -0.3 is 4.74 Å². The first kappa shape index (κ1) is 14.4. The van der Waals surface area contributed by atoms with Gasteiger partial charge in [0.2, 0.25) is 0 Å². The molecule has 0 aliphatic heterocycles. The smallest absolute Gasteiger partial charge is 0.406 e. The summed E-state index contributed by atoms with van der Waals surface area (Å²) in [6, 6.07) is 3.27. The Morgan fingerprint density at radius 2 is 2.16 bits per heavy atom. The van der Waals surface area contributed by atoms with Crippen molar-refractivity contribution in [2.75, 3.05) is 6.54 Å². The molecule has 0 saturated heterocycles. The van der Waals surface area contributed by atoms with Crippen LogP contribution in [0.5, 0.6) is 5.75 Å². The number of hydrogen-bond acceptors (Lipinski definition) is 3. The summed E-state index contributed by atoms with van der Waals surface area (Å²) in [6.45, 7) is -0.128. The number of aldehydes is 1. The van der Waals surface area contributed by atoms with Crippen molar-refractivity contribution in [2.24, 2.45) is 5.11 Å². The van der Waals surface area contributed by atoms with Gasteiger partial charge in [0.05, 0.1) is 6.54 Å². The first-order valence-electron chi connectivity index (χ1n) is 4.80. The summed E-state index contributed by atoms with van der Waals surface area (Å²) in [6.07, 6.45) is -4.47. The third-order valence-corrected chi connectivity index (χ3v) is 1.74. The summed E-state index contributed by atoms with van der Waals surface area (Å²) in [4.78, 5) is 13.1. The molecular formula is C11H6F3N3O2. The molecule has 0 amide bonds. The molecule has 0 saturated carbocycles. The average molecular weight is 269 g/mol. The van der Waals surface area contributed by atoms with E-state index in [1.54, 1.807) is 0 Å². The second kappa shape index (κ2) is 6.33. The van der Waals surface area contributed by atoms with E-state index in [4.69, 9.17) is 5.53 Å². The largest absolute Gasteiger partial charge is 0.573 e. The van der Waals surface area contributed by atoms with E-state index in [9.17, 15) is 18.0 Å².